The minimum Gasteiger partial charge on any atom is -0.480 e. The first-order valence-corrected chi connectivity index (χ1v) is 10.7. The molecular formula is C23H29BrN2O3. The van der Waals surface area contributed by atoms with Crippen molar-refractivity contribution in [3.8, 4) is 5.75 Å². The standard InChI is InChI=1S/C23H29BrN2O3/c1-5-6-7-11-21(27)25-19-9-8-10-20(14-19)26-23(28)17(4)29-22-15(2)12-18(24)13-16(22)3/h8-10,12-14,17H,5-7,11H2,1-4H3,(H,25,27)(H,26,28). The lowest BCUT2D eigenvalue weighted by Crippen LogP contribution is -2.30. The molecular weight excluding hydrogens is 432 g/mol. The second-order valence-electron chi connectivity index (χ2n) is 7.20. The predicted molar refractivity (Wildman–Crippen MR) is 122 cm³/mol. The number of aryl methyl sites for hydroxylation is 2. The van der Waals surface area contributed by atoms with E-state index in [4.69, 9.17) is 4.74 Å². The van der Waals surface area contributed by atoms with E-state index in [1.165, 1.54) is 0 Å². The molecule has 1 unspecified atom stereocenters. The molecule has 0 aliphatic heterocycles. The van der Waals surface area contributed by atoms with Crippen molar-refractivity contribution in [3.63, 3.8) is 0 Å². The summed E-state index contributed by atoms with van der Waals surface area (Å²) in [6.45, 7) is 7.72. The molecule has 2 aromatic rings. The quantitative estimate of drug-likeness (QED) is 0.451. The number of ether oxygens (including phenoxy) is 1. The van der Waals surface area contributed by atoms with Gasteiger partial charge in [0.2, 0.25) is 5.91 Å². The molecule has 0 bridgehead atoms. The highest BCUT2D eigenvalue weighted by atomic mass is 79.9. The Hall–Kier alpha value is -2.34. The number of benzene rings is 2. The molecule has 0 aliphatic carbocycles. The second kappa shape index (κ2) is 11.0. The average molecular weight is 461 g/mol. The molecule has 29 heavy (non-hydrogen) atoms. The molecule has 1 atom stereocenters. The van der Waals surface area contributed by atoms with Crippen molar-refractivity contribution in [1.82, 2.24) is 0 Å². The lowest BCUT2D eigenvalue weighted by molar-refractivity contribution is -0.122. The van der Waals surface area contributed by atoms with Crippen LogP contribution in [0.2, 0.25) is 0 Å². The van der Waals surface area contributed by atoms with Crippen LogP contribution in [0, 0.1) is 13.8 Å². The Kier molecular flexibility index (Phi) is 8.70. The highest BCUT2D eigenvalue weighted by Crippen LogP contribution is 2.28. The van der Waals surface area contributed by atoms with Gasteiger partial charge in [-0.15, -0.1) is 0 Å². The van der Waals surface area contributed by atoms with Crippen molar-refractivity contribution in [1.29, 1.82) is 0 Å². The first-order chi connectivity index (χ1) is 13.8. The van der Waals surface area contributed by atoms with Crippen LogP contribution in [-0.2, 0) is 9.59 Å². The number of rotatable bonds is 9. The zero-order valence-corrected chi connectivity index (χ0v) is 19.1. The smallest absolute Gasteiger partial charge is 0.265 e. The lowest BCUT2D eigenvalue weighted by Gasteiger charge is -2.18. The van der Waals surface area contributed by atoms with E-state index in [2.05, 4.69) is 33.5 Å². The lowest BCUT2D eigenvalue weighted by atomic mass is 10.1. The highest BCUT2D eigenvalue weighted by Gasteiger charge is 2.17. The first kappa shape index (κ1) is 22.9. The molecule has 0 saturated heterocycles. The molecule has 5 nitrogen and oxygen atoms in total. The van der Waals surface area contributed by atoms with E-state index in [1.807, 2.05) is 32.0 Å². The van der Waals surface area contributed by atoms with Crippen LogP contribution < -0.4 is 15.4 Å². The molecule has 0 aliphatic rings. The van der Waals surface area contributed by atoms with E-state index < -0.39 is 6.10 Å². The Morgan fingerprint density at radius 1 is 1.03 bits per heavy atom. The van der Waals surface area contributed by atoms with Crippen LogP contribution in [0.1, 0.15) is 50.7 Å². The molecule has 0 radical (unpaired) electrons. The van der Waals surface area contributed by atoms with Crippen LogP contribution >= 0.6 is 15.9 Å². The van der Waals surface area contributed by atoms with Gasteiger partial charge in [0.15, 0.2) is 6.10 Å². The fourth-order valence-corrected chi connectivity index (χ4v) is 3.68. The SMILES string of the molecule is CCCCCC(=O)Nc1cccc(NC(=O)C(C)Oc2c(C)cc(Br)cc2C)c1. The molecule has 2 N–H and O–H groups in total. The number of amides is 2. The Morgan fingerprint density at radius 2 is 1.66 bits per heavy atom. The summed E-state index contributed by atoms with van der Waals surface area (Å²) in [6, 6.07) is 11.1. The third-order valence-electron chi connectivity index (χ3n) is 4.51. The zero-order valence-electron chi connectivity index (χ0n) is 17.5. The van der Waals surface area contributed by atoms with Gasteiger partial charge in [-0.3, -0.25) is 9.59 Å². The molecule has 6 heteroatoms. The predicted octanol–water partition coefficient (Wildman–Crippen LogP) is 5.99. The van der Waals surface area contributed by atoms with Gasteiger partial charge in [0, 0.05) is 22.3 Å². The van der Waals surface area contributed by atoms with E-state index >= 15 is 0 Å². The monoisotopic (exact) mass is 460 g/mol. The van der Waals surface area contributed by atoms with Crippen molar-refractivity contribution in [2.75, 3.05) is 10.6 Å². The van der Waals surface area contributed by atoms with Gasteiger partial charge in [-0.1, -0.05) is 41.8 Å². The first-order valence-electron chi connectivity index (χ1n) is 9.94. The number of hydrogen-bond acceptors (Lipinski definition) is 3. The average Bonchev–Trinajstić information content (AvgIpc) is 2.65. The summed E-state index contributed by atoms with van der Waals surface area (Å²) in [5.41, 5.74) is 3.20. The number of nitrogens with one attached hydrogen (secondary N) is 2. The van der Waals surface area contributed by atoms with Crippen molar-refractivity contribution in [3.05, 3.63) is 52.0 Å². The van der Waals surface area contributed by atoms with Crippen LogP contribution in [0.4, 0.5) is 11.4 Å². The number of halogens is 1. The summed E-state index contributed by atoms with van der Waals surface area (Å²) >= 11 is 3.46. The Balaban J connectivity index is 1.97. The molecule has 156 valence electrons. The van der Waals surface area contributed by atoms with Gasteiger partial charge >= 0.3 is 0 Å². The van der Waals surface area contributed by atoms with Gasteiger partial charge in [0.25, 0.3) is 5.91 Å². The second-order valence-corrected chi connectivity index (χ2v) is 8.12. The molecule has 0 spiro atoms. The summed E-state index contributed by atoms with van der Waals surface area (Å²) < 4.78 is 6.89. The van der Waals surface area contributed by atoms with Crippen molar-refractivity contribution in [2.45, 2.75) is 59.5 Å². The largest absolute Gasteiger partial charge is 0.480 e. The van der Waals surface area contributed by atoms with Gasteiger partial charge in [-0.05, 0) is 68.7 Å². The normalized spacial score (nSPS) is 11.6. The van der Waals surface area contributed by atoms with Gasteiger partial charge in [0.1, 0.15) is 5.75 Å². The number of unbranched alkanes of at least 4 members (excludes halogenated alkanes) is 2. The summed E-state index contributed by atoms with van der Waals surface area (Å²) in [7, 11) is 0. The van der Waals surface area contributed by atoms with Crippen LogP contribution in [0.5, 0.6) is 5.75 Å². The molecule has 0 aromatic heterocycles. The van der Waals surface area contributed by atoms with Gasteiger partial charge in [-0.25, -0.2) is 0 Å². The minimum atomic E-state index is -0.666. The van der Waals surface area contributed by atoms with E-state index in [1.54, 1.807) is 25.1 Å². The summed E-state index contributed by atoms with van der Waals surface area (Å²) in [6.07, 6.45) is 2.83. The maximum Gasteiger partial charge on any atom is 0.265 e. The van der Waals surface area contributed by atoms with E-state index in [0.29, 0.717) is 23.5 Å². The molecule has 2 amide bonds. The number of carbonyl (C=O) groups is 2. The molecule has 0 saturated carbocycles. The fraction of sp³-hybridized carbons (Fsp3) is 0.391. The van der Waals surface area contributed by atoms with Crippen molar-refractivity contribution < 1.29 is 14.3 Å². The van der Waals surface area contributed by atoms with E-state index in [9.17, 15) is 9.59 Å². The number of carbonyl (C=O) groups excluding carboxylic acids is 2. The molecule has 2 rings (SSSR count). The minimum absolute atomic E-state index is 0.0141. The fourth-order valence-electron chi connectivity index (χ4n) is 2.99. The number of hydrogen-bond donors (Lipinski definition) is 2. The Labute approximate surface area is 181 Å². The zero-order chi connectivity index (χ0) is 21.4. The van der Waals surface area contributed by atoms with Gasteiger partial charge in [0.05, 0.1) is 0 Å². The third-order valence-corrected chi connectivity index (χ3v) is 4.97. The number of anilines is 2. The maximum absolute atomic E-state index is 12.6. The van der Waals surface area contributed by atoms with Crippen molar-refractivity contribution in [2.24, 2.45) is 0 Å². The highest BCUT2D eigenvalue weighted by molar-refractivity contribution is 9.10. The van der Waals surface area contributed by atoms with E-state index in [0.717, 1.165) is 34.9 Å². The van der Waals surface area contributed by atoms with Crippen molar-refractivity contribution >= 4 is 39.1 Å². The molecule has 0 heterocycles. The summed E-state index contributed by atoms with van der Waals surface area (Å²) in [5, 5.41) is 5.73. The Bertz CT molecular complexity index is 844. The van der Waals surface area contributed by atoms with Gasteiger partial charge in [-0.2, -0.15) is 0 Å². The van der Waals surface area contributed by atoms with Crippen LogP contribution in [-0.4, -0.2) is 17.9 Å². The topological polar surface area (TPSA) is 67.4 Å². The molecule has 0 fully saturated rings. The summed E-state index contributed by atoms with van der Waals surface area (Å²) in [4.78, 5) is 24.6. The molecule has 2 aromatic carbocycles. The Morgan fingerprint density at radius 3 is 2.28 bits per heavy atom. The van der Waals surface area contributed by atoms with E-state index in [-0.39, 0.29) is 11.8 Å². The van der Waals surface area contributed by atoms with Crippen LogP contribution in [0.25, 0.3) is 0 Å². The third kappa shape index (κ3) is 7.20. The van der Waals surface area contributed by atoms with Crippen LogP contribution in [0.3, 0.4) is 0 Å². The van der Waals surface area contributed by atoms with Gasteiger partial charge < -0.3 is 15.4 Å². The summed E-state index contributed by atoms with van der Waals surface area (Å²) in [5.74, 6) is 0.446. The van der Waals surface area contributed by atoms with Crippen LogP contribution in [0.15, 0.2) is 40.9 Å². The maximum atomic E-state index is 12.6.